The van der Waals surface area contributed by atoms with Gasteiger partial charge < -0.3 is 15.0 Å². The van der Waals surface area contributed by atoms with Gasteiger partial charge in [-0.05, 0) is 18.4 Å². The maximum Gasteiger partial charge on any atom is 0.317 e. The highest BCUT2D eigenvalue weighted by atomic mass is 32.1. The molecule has 6 nitrogen and oxygen atoms in total. The third kappa shape index (κ3) is 3.73. The fourth-order valence-corrected chi connectivity index (χ4v) is 3.01. The third-order valence-corrected chi connectivity index (χ3v) is 4.34. The summed E-state index contributed by atoms with van der Waals surface area (Å²) in [6, 6.07) is 5.69. The number of aromatic nitrogens is 2. The summed E-state index contributed by atoms with van der Waals surface area (Å²) >= 11 is 1.64. The van der Waals surface area contributed by atoms with Gasteiger partial charge in [0.25, 0.3) is 0 Å². The Morgan fingerprint density at radius 2 is 2.45 bits per heavy atom. The molecular formula is C15H18N4O2S. The third-order valence-electron chi connectivity index (χ3n) is 3.46. The Morgan fingerprint density at radius 3 is 3.23 bits per heavy atom. The van der Waals surface area contributed by atoms with Gasteiger partial charge in [-0.25, -0.2) is 9.78 Å². The molecule has 3 heterocycles. The molecule has 0 unspecified atom stereocenters. The molecule has 0 saturated carbocycles. The van der Waals surface area contributed by atoms with Crippen molar-refractivity contribution >= 4 is 17.4 Å². The van der Waals surface area contributed by atoms with Crippen LogP contribution in [-0.4, -0.2) is 40.1 Å². The fraction of sp³-hybridized carbons (Fsp3) is 0.400. The van der Waals surface area contributed by atoms with E-state index in [1.807, 2.05) is 24.4 Å². The van der Waals surface area contributed by atoms with E-state index in [-0.39, 0.29) is 12.1 Å². The molecule has 1 fully saturated rings. The molecule has 0 aromatic carbocycles. The Labute approximate surface area is 133 Å². The Balaban J connectivity index is 1.48. The van der Waals surface area contributed by atoms with Crippen LogP contribution in [0.2, 0.25) is 0 Å². The lowest BCUT2D eigenvalue weighted by molar-refractivity contribution is 0.182. The van der Waals surface area contributed by atoms with Crippen LogP contribution >= 0.6 is 11.3 Å². The van der Waals surface area contributed by atoms with E-state index in [9.17, 15) is 4.79 Å². The second-order valence-corrected chi connectivity index (χ2v) is 6.19. The van der Waals surface area contributed by atoms with Crippen molar-refractivity contribution in [1.82, 2.24) is 20.2 Å². The Bertz CT molecular complexity index is 632. The lowest BCUT2D eigenvalue weighted by atomic mass is 10.3. The summed E-state index contributed by atoms with van der Waals surface area (Å²) < 4.78 is 5.82. The van der Waals surface area contributed by atoms with Crippen molar-refractivity contribution in [2.75, 3.05) is 13.1 Å². The number of aryl methyl sites for hydroxylation is 1. The van der Waals surface area contributed by atoms with Gasteiger partial charge in [0.1, 0.15) is 11.9 Å². The van der Waals surface area contributed by atoms with Crippen LogP contribution in [0.3, 0.4) is 0 Å². The minimum atomic E-state index is -0.0432. The van der Waals surface area contributed by atoms with E-state index < -0.39 is 0 Å². The smallest absolute Gasteiger partial charge is 0.317 e. The van der Waals surface area contributed by atoms with Crippen LogP contribution in [0, 0.1) is 6.92 Å². The topological polar surface area (TPSA) is 67.3 Å². The maximum atomic E-state index is 12.1. The Morgan fingerprint density at radius 1 is 1.55 bits per heavy atom. The number of carbonyl (C=O) groups is 1. The molecular weight excluding hydrogens is 300 g/mol. The number of nitrogens with one attached hydrogen (secondary N) is 1. The van der Waals surface area contributed by atoms with Gasteiger partial charge in [0.05, 0.1) is 13.1 Å². The van der Waals surface area contributed by atoms with Crippen LogP contribution in [0.15, 0.2) is 29.8 Å². The molecule has 1 atom stereocenters. The summed E-state index contributed by atoms with van der Waals surface area (Å²) in [5, 5.41) is 4.94. The minimum absolute atomic E-state index is 0.0122. The Hall–Kier alpha value is -2.15. The van der Waals surface area contributed by atoms with E-state index in [0.29, 0.717) is 31.3 Å². The van der Waals surface area contributed by atoms with Gasteiger partial charge in [-0.2, -0.15) is 4.98 Å². The quantitative estimate of drug-likeness (QED) is 0.938. The first kappa shape index (κ1) is 14.8. The zero-order valence-electron chi connectivity index (χ0n) is 12.4. The summed E-state index contributed by atoms with van der Waals surface area (Å²) in [6.45, 7) is 3.68. The maximum absolute atomic E-state index is 12.1. The molecule has 0 radical (unpaired) electrons. The summed E-state index contributed by atoms with van der Waals surface area (Å²) in [7, 11) is 0. The zero-order chi connectivity index (χ0) is 15.4. The molecule has 0 spiro atoms. The summed E-state index contributed by atoms with van der Waals surface area (Å²) in [6.07, 6.45) is 2.48. The molecule has 2 aromatic rings. The van der Waals surface area contributed by atoms with Crippen molar-refractivity contribution in [3.05, 3.63) is 40.5 Å². The van der Waals surface area contributed by atoms with Gasteiger partial charge in [-0.15, -0.1) is 11.3 Å². The highest BCUT2D eigenvalue weighted by Gasteiger charge is 2.27. The summed E-state index contributed by atoms with van der Waals surface area (Å²) in [5.74, 6) is 1.25. The first-order valence-corrected chi connectivity index (χ1v) is 8.10. The summed E-state index contributed by atoms with van der Waals surface area (Å²) in [5.41, 5.74) is 0. The van der Waals surface area contributed by atoms with Gasteiger partial charge >= 0.3 is 6.03 Å². The van der Waals surface area contributed by atoms with Gasteiger partial charge in [0, 0.05) is 30.1 Å². The van der Waals surface area contributed by atoms with Gasteiger partial charge in [0.15, 0.2) is 0 Å². The molecule has 1 saturated heterocycles. The van der Waals surface area contributed by atoms with Crippen LogP contribution in [-0.2, 0) is 6.54 Å². The number of nitrogens with zero attached hydrogens (tertiary/aromatic N) is 3. The predicted molar refractivity (Wildman–Crippen MR) is 83.9 cm³/mol. The van der Waals surface area contributed by atoms with Crippen molar-refractivity contribution in [2.45, 2.75) is 26.0 Å². The largest absolute Gasteiger partial charge is 0.472 e. The van der Waals surface area contributed by atoms with Crippen LogP contribution in [0.5, 0.6) is 5.88 Å². The number of hydrogen-bond donors (Lipinski definition) is 1. The number of likely N-dealkylation sites (tertiary alicyclic amines) is 1. The van der Waals surface area contributed by atoms with E-state index in [2.05, 4.69) is 15.3 Å². The predicted octanol–water partition coefficient (Wildman–Crippen LogP) is 2.21. The number of amides is 2. The van der Waals surface area contributed by atoms with Crippen LogP contribution < -0.4 is 10.1 Å². The van der Waals surface area contributed by atoms with Gasteiger partial charge in [-0.1, -0.05) is 6.07 Å². The molecule has 1 aliphatic heterocycles. The van der Waals surface area contributed by atoms with Crippen LogP contribution in [0.4, 0.5) is 4.79 Å². The van der Waals surface area contributed by atoms with Crippen molar-refractivity contribution in [1.29, 1.82) is 0 Å². The standard InChI is InChI=1S/C15H18N4O2S/c1-11-16-6-4-14(18-11)21-12-5-7-19(10-12)15(20)17-9-13-3-2-8-22-13/h2-4,6,8,12H,5,7,9-10H2,1H3,(H,17,20)/t12-/m1/s1. The molecule has 22 heavy (non-hydrogen) atoms. The lowest BCUT2D eigenvalue weighted by Gasteiger charge is -2.17. The number of carbonyl (C=O) groups excluding carboxylic acids is 1. The molecule has 0 aliphatic carbocycles. The SMILES string of the molecule is Cc1nccc(O[C@@H]2CCN(C(=O)NCc3cccs3)C2)n1. The monoisotopic (exact) mass is 318 g/mol. The molecule has 0 bridgehead atoms. The van der Waals surface area contributed by atoms with E-state index in [1.165, 1.54) is 0 Å². The molecule has 116 valence electrons. The van der Waals surface area contributed by atoms with E-state index in [0.717, 1.165) is 11.3 Å². The second-order valence-electron chi connectivity index (χ2n) is 5.15. The van der Waals surface area contributed by atoms with Gasteiger partial charge in [0.2, 0.25) is 5.88 Å². The first-order valence-electron chi connectivity index (χ1n) is 7.22. The molecule has 1 N–H and O–H groups in total. The molecule has 2 amide bonds. The van der Waals surface area contributed by atoms with Crippen molar-refractivity contribution in [3.8, 4) is 5.88 Å². The number of urea groups is 1. The zero-order valence-corrected chi connectivity index (χ0v) is 13.2. The van der Waals surface area contributed by atoms with E-state index >= 15 is 0 Å². The minimum Gasteiger partial charge on any atom is -0.472 e. The van der Waals surface area contributed by atoms with E-state index in [1.54, 1.807) is 28.5 Å². The average Bonchev–Trinajstić information content (AvgIpc) is 3.16. The average molecular weight is 318 g/mol. The molecule has 2 aromatic heterocycles. The second kappa shape index (κ2) is 6.74. The number of hydrogen-bond acceptors (Lipinski definition) is 5. The van der Waals surface area contributed by atoms with Gasteiger partial charge in [-0.3, -0.25) is 0 Å². The van der Waals surface area contributed by atoms with Crippen LogP contribution in [0.1, 0.15) is 17.1 Å². The Kier molecular flexibility index (Phi) is 4.53. The fourth-order valence-electron chi connectivity index (χ4n) is 2.37. The lowest BCUT2D eigenvalue weighted by Crippen LogP contribution is -2.38. The van der Waals surface area contributed by atoms with Crippen molar-refractivity contribution < 1.29 is 9.53 Å². The highest BCUT2D eigenvalue weighted by Crippen LogP contribution is 2.16. The number of thiophene rings is 1. The number of rotatable bonds is 4. The normalized spacial score (nSPS) is 17.5. The molecule has 7 heteroatoms. The number of ether oxygens (including phenoxy) is 1. The first-order chi connectivity index (χ1) is 10.7. The van der Waals surface area contributed by atoms with E-state index in [4.69, 9.17) is 4.74 Å². The highest BCUT2D eigenvalue weighted by molar-refractivity contribution is 7.09. The molecule has 1 aliphatic rings. The molecule has 3 rings (SSSR count). The van der Waals surface area contributed by atoms with Crippen molar-refractivity contribution in [2.24, 2.45) is 0 Å². The van der Waals surface area contributed by atoms with Crippen LogP contribution in [0.25, 0.3) is 0 Å². The van der Waals surface area contributed by atoms with Crippen molar-refractivity contribution in [3.63, 3.8) is 0 Å². The summed E-state index contributed by atoms with van der Waals surface area (Å²) in [4.78, 5) is 23.3.